The van der Waals surface area contributed by atoms with E-state index < -0.39 is 23.5 Å². The van der Waals surface area contributed by atoms with Gasteiger partial charge in [-0.15, -0.1) is 0 Å². The molecule has 0 saturated carbocycles. The van der Waals surface area contributed by atoms with Crippen LogP contribution in [0.2, 0.25) is 0 Å². The third kappa shape index (κ3) is 2.67. The molecule has 1 unspecified atom stereocenters. The van der Waals surface area contributed by atoms with Crippen molar-refractivity contribution in [2.45, 2.75) is 12.3 Å². The zero-order valence-corrected chi connectivity index (χ0v) is 11.4. The number of rotatable bonds is 2. The van der Waals surface area contributed by atoms with Crippen LogP contribution in [0.3, 0.4) is 0 Å². The quantitative estimate of drug-likeness (QED) is 0.896. The lowest BCUT2D eigenvalue weighted by Gasteiger charge is -2.24. The number of nitrogens with one attached hydrogen (secondary N) is 2. The largest absolute Gasteiger partial charge is 0.326 e. The lowest BCUT2D eigenvalue weighted by atomic mass is 9.90. The van der Waals surface area contributed by atoms with Crippen molar-refractivity contribution in [1.82, 2.24) is 0 Å². The molecule has 0 aromatic heterocycles. The van der Waals surface area contributed by atoms with Gasteiger partial charge in [-0.3, -0.25) is 9.59 Å². The summed E-state index contributed by atoms with van der Waals surface area (Å²) < 4.78 is 26.1. The molecule has 0 aliphatic carbocycles. The first kappa shape index (κ1) is 14.2. The van der Waals surface area contributed by atoms with Crippen molar-refractivity contribution in [2.24, 2.45) is 0 Å². The van der Waals surface area contributed by atoms with E-state index in [1.807, 2.05) is 0 Å². The average molecular weight is 302 g/mol. The molecule has 2 N–H and O–H groups in total. The molecule has 0 radical (unpaired) electrons. The molecule has 1 aliphatic rings. The van der Waals surface area contributed by atoms with E-state index in [0.717, 1.165) is 12.1 Å². The Kier molecular flexibility index (Phi) is 3.58. The summed E-state index contributed by atoms with van der Waals surface area (Å²) in [6.45, 7) is 0. The number of halogens is 2. The molecule has 2 amide bonds. The van der Waals surface area contributed by atoms with Gasteiger partial charge in [0.25, 0.3) is 0 Å². The lowest BCUT2D eigenvalue weighted by Crippen LogP contribution is -2.30. The summed E-state index contributed by atoms with van der Waals surface area (Å²) in [5.74, 6) is -3.39. The number of benzene rings is 2. The fraction of sp³-hybridized carbons (Fsp3) is 0.125. The molecule has 0 spiro atoms. The first-order valence-electron chi connectivity index (χ1n) is 6.69. The minimum absolute atomic E-state index is 0.00647. The van der Waals surface area contributed by atoms with Crippen LogP contribution >= 0.6 is 0 Å². The van der Waals surface area contributed by atoms with Crippen molar-refractivity contribution in [2.75, 3.05) is 10.6 Å². The predicted octanol–water partition coefficient (Wildman–Crippen LogP) is 3.03. The summed E-state index contributed by atoms with van der Waals surface area (Å²) >= 11 is 0. The van der Waals surface area contributed by atoms with Gasteiger partial charge < -0.3 is 10.6 Å². The Balaban J connectivity index is 1.86. The number of carbonyl (C=O) groups is 2. The maximum atomic E-state index is 13.2. The second-order valence-corrected chi connectivity index (χ2v) is 5.01. The summed E-state index contributed by atoms with van der Waals surface area (Å²) in [6.07, 6.45) is 0.00647. The van der Waals surface area contributed by atoms with E-state index in [9.17, 15) is 18.4 Å². The Morgan fingerprint density at radius 3 is 2.68 bits per heavy atom. The Morgan fingerprint density at radius 1 is 1.14 bits per heavy atom. The van der Waals surface area contributed by atoms with Crippen LogP contribution in [0.25, 0.3) is 0 Å². The molecule has 2 aromatic rings. The van der Waals surface area contributed by atoms with Crippen molar-refractivity contribution in [3.05, 3.63) is 59.7 Å². The van der Waals surface area contributed by atoms with Gasteiger partial charge in [-0.05, 0) is 23.8 Å². The van der Waals surface area contributed by atoms with Crippen molar-refractivity contribution >= 4 is 23.2 Å². The molecule has 6 heteroatoms. The predicted molar refractivity (Wildman–Crippen MR) is 77.4 cm³/mol. The normalized spacial score (nSPS) is 16.6. The van der Waals surface area contributed by atoms with Crippen LogP contribution in [0.1, 0.15) is 17.9 Å². The van der Waals surface area contributed by atoms with E-state index in [4.69, 9.17) is 0 Å². The van der Waals surface area contributed by atoms with Gasteiger partial charge in [0.15, 0.2) is 11.6 Å². The summed E-state index contributed by atoms with van der Waals surface area (Å²) in [4.78, 5) is 24.1. The van der Waals surface area contributed by atoms with Crippen LogP contribution in [0.5, 0.6) is 0 Å². The highest BCUT2D eigenvalue weighted by Crippen LogP contribution is 2.32. The second-order valence-electron chi connectivity index (χ2n) is 5.01. The number of hydrogen-bond acceptors (Lipinski definition) is 2. The van der Waals surface area contributed by atoms with Crippen molar-refractivity contribution in [3.63, 3.8) is 0 Å². The van der Waals surface area contributed by atoms with Crippen LogP contribution in [-0.2, 0) is 9.59 Å². The Hall–Kier alpha value is -2.76. The summed E-state index contributed by atoms with van der Waals surface area (Å²) in [7, 11) is 0. The van der Waals surface area contributed by atoms with Crippen molar-refractivity contribution < 1.29 is 18.4 Å². The molecule has 3 rings (SSSR count). The highest BCUT2D eigenvalue weighted by Gasteiger charge is 2.30. The van der Waals surface area contributed by atoms with E-state index in [2.05, 4.69) is 10.6 Å². The zero-order valence-electron chi connectivity index (χ0n) is 11.4. The van der Waals surface area contributed by atoms with E-state index in [1.54, 1.807) is 24.3 Å². The maximum absolute atomic E-state index is 13.2. The molecular weight excluding hydrogens is 290 g/mol. The molecule has 112 valence electrons. The SMILES string of the molecule is O=C1CC(C(=O)Nc2ccc(F)c(F)c2)c2ccccc2N1. The molecule has 4 nitrogen and oxygen atoms in total. The summed E-state index contributed by atoms with van der Waals surface area (Å²) in [5.41, 5.74) is 1.43. The minimum atomic E-state index is -1.04. The molecule has 0 fully saturated rings. The van der Waals surface area contributed by atoms with Crippen molar-refractivity contribution in [3.8, 4) is 0 Å². The molecule has 0 bridgehead atoms. The van der Waals surface area contributed by atoms with Gasteiger partial charge in [-0.2, -0.15) is 0 Å². The van der Waals surface area contributed by atoms with Crippen molar-refractivity contribution in [1.29, 1.82) is 0 Å². The number of fused-ring (bicyclic) bond motifs is 1. The monoisotopic (exact) mass is 302 g/mol. The molecule has 1 atom stereocenters. The van der Waals surface area contributed by atoms with Gasteiger partial charge in [0.05, 0.1) is 5.92 Å². The van der Waals surface area contributed by atoms with Gasteiger partial charge in [-0.25, -0.2) is 8.78 Å². The minimum Gasteiger partial charge on any atom is -0.326 e. The molecule has 0 saturated heterocycles. The van der Waals surface area contributed by atoms with Crippen LogP contribution < -0.4 is 10.6 Å². The first-order chi connectivity index (χ1) is 10.5. The molecule has 22 heavy (non-hydrogen) atoms. The number of para-hydroxylation sites is 1. The number of amides is 2. The molecular formula is C16H12F2N2O2. The fourth-order valence-electron chi connectivity index (χ4n) is 2.45. The standard InChI is InChI=1S/C16H12F2N2O2/c17-12-6-5-9(7-13(12)18)19-16(22)11-8-15(21)20-14-4-2-1-3-10(11)14/h1-7,11H,8H2,(H,19,22)(H,20,21). The molecule has 2 aromatic carbocycles. The van der Waals surface area contributed by atoms with E-state index >= 15 is 0 Å². The Bertz CT molecular complexity index is 762. The maximum Gasteiger partial charge on any atom is 0.232 e. The van der Waals surface area contributed by atoms with E-state index in [-0.39, 0.29) is 18.0 Å². The third-order valence-electron chi connectivity index (χ3n) is 3.50. The second kappa shape index (κ2) is 5.55. The number of carbonyl (C=O) groups excluding carboxylic acids is 2. The van der Waals surface area contributed by atoms with Gasteiger partial charge in [0.2, 0.25) is 11.8 Å². The topological polar surface area (TPSA) is 58.2 Å². The highest BCUT2D eigenvalue weighted by atomic mass is 19.2. The number of hydrogen-bond donors (Lipinski definition) is 2. The van der Waals surface area contributed by atoms with Crippen LogP contribution in [0, 0.1) is 11.6 Å². The van der Waals surface area contributed by atoms with Gasteiger partial charge in [0, 0.05) is 23.9 Å². The third-order valence-corrected chi connectivity index (χ3v) is 3.50. The van der Waals surface area contributed by atoms with Crippen LogP contribution in [0.15, 0.2) is 42.5 Å². The smallest absolute Gasteiger partial charge is 0.232 e. The van der Waals surface area contributed by atoms with E-state index in [0.29, 0.717) is 11.3 Å². The molecule has 1 heterocycles. The van der Waals surface area contributed by atoms with Gasteiger partial charge in [0.1, 0.15) is 0 Å². The van der Waals surface area contributed by atoms with Crippen LogP contribution in [-0.4, -0.2) is 11.8 Å². The Morgan fingerprint density at radius 2 is 1.91 bits per heavy atom. The van der Waals surface area contributed by atoms with E-state index in [1.165, 1.54) is 6.07 Å². The average Bonchev–Trinajstić information content (AvgIpc) is 2.50. The summed E-state index contributed by atoms with van der Waals surface area (Å²) in [5, 5.41) is 5.21. The zero-order chi connectivity index (χ0) is 15.7. The lowest BCUT2D eigenvalue weighted by molar-refractivity contribution is -0.123. The summed E-state index contributed by atoms with van der Waals surface area (Å²) in [6, 6.07) is 10.1. The fourth-order valence-corrected chi connectivity index (χ4v) is 2.45. The highest BCUT2D eigenvalue weighted by molar-refractivity contribution is 6.05. The number of anilines is 2. The van der Waals surface area contributed by atoms with Gasteiger partial charge >= 0.3 is 0 Å². The van der Waals surface area contributed by atoms with Gasteiger partial charge in [-0.1, -0.05) is 18.2 Å². The first-order valence-corrected chi connectivity index (χ1v) is 6.69. The molecule has 1 aliphatic heterocycles. The Labute approximate surface area is 125 Å². The van der Waals surface area contributed by atoms with Crippen LogP contribution in [0.4, 0.5) is 20.2 Å².